The van der Waals surface area contributed by atoms with Gasteiger partial charge in [0.25, 0.3) is 0 Å². The number of aromatic hydroxyl groups is 1. The molecule has 118 valence electrons. The molecule has 2 heterocycles. The third kappa shape index (κ3) is 3.69. The summed E-state index contributed by atoms with van der Waals surface area (Å²) in [6, 6.07) is 7.36. The second kappa shape index (κ2) is 6.97. The molecular weight excluding hydrogens is 276 g/mol. The number of likely N-dealkylation sites (tertiary alicyclic amines) is 1. The molecule has 1 amide bonds. The highest BCUT2D eigenvalue weighted by Gasteiger charge is 2.20. The zero-order chi connectivity index (χ0) is 15.4. The number of amides is 1. The van der Waals surface area contributed by atoms with E-state index < -0.39 is 0 Å². The molecule has 2 aliphatic heterocycles. The van der Waals surface area contributed by atoms with Crippen LogP contribution >= 0.6 is 0 Å². The maximum Gasteiger partial charge on any atom is 0.236 e. The van der Waals surface area contributed by atoms with Crippen molar-refractivity contribution < 1.29 is 9.90 Å². The fourth-order valence-corrected chi connectivity index (χ4v) is 3.23. The van der Waals surface area contributed by atoms with Gasteiger partial charge < -0.3 is 10.0 Å². The van der Waals surface area contributed by atoms with Crippen molar-refractivity contribution in [1.82, 2.24) is 9.80 Å². The van der Waals surface area contributed by atoms with Crippen LogP contribution < -0.4 is 0 Å². The molecule has 22 heavy (non-hydrogen) atoms. The molecule has 0 saturated carbocycles. The summed E-state index contributed by atoms with van der Waals surface area (Å²) < 4.78 is 0. The first-order valence-electron chi connectivity index (χ1n) is 8.21. The number of phenols is 1. The van der Waals surface area contributed by atoms with Gasteiger partial charge in [-0.3, -0.25) is 9.69 Å². The number of hydrogen-bond acceptors (Lipinski definition) is 3. The van der Waals surface area contributed by atoms with Gasteiger partial charge in [-0.15, -0.1) is 0 Å². The quantitative estimate of drug-likeness (QED) is 0.933. The monoisotopic (exact) mass is 300 g/mol. The largest absolute Gasteiger partial charge is 0.508 e. The van der Waals surface area contributed by atoms with Crippen molar-refractivity contribution in [2.45, 2.75) is 25.7 Å². The van der Waals surface area contributed by atoms with Crippen molar-refractivity contribution in [2.75, 3.05) is 32.7 Å². The standard InChI is InChI=1S/C18H24N2O2/c21-17-6-4-15(5-7-17)16-8-12-19(13-9-16)14-18(22)20-10-2-1-3-11-20/h4-8,21H,1-3,9-14H2. The number of benzene rings is 1. The molecule has 2 aliphatic rings. The van der Waals surface area contributed by atoms with Crippen LogP contribution in [0.1, 0.15) is 31.2 Å². The van der Waals surface area contributed by atoms with E-state index in [1.54, 1.807) is 12.1 Å². The minimum atomic E-state index is 0.279. The Hall–Kier alpha value is -1.81. The van der Waals surface area contributed by atoms with E-state index in [9.17, 15) is 9.90 Å². The highest BCUT2D eigenvalue weighted by molar-refractivity contribution is 5.78. The van der Waals surface area contributed by atoms with Gasteiger partial charge in [0.1, 0.15) is 5.75 Å². The molecule has 4 nitrogen and oxygen atoms in total. The maximum absolute atomic E-state index is 12.3. The van der Waals surface area contributed by atoms with Crippen LogP contribution in [-0.4, -0.2) is 53.5 Å². The lowest BCUT2D eigenvalue weighted by Gasteiger charge is -2.31. The predicted octanol–water partition coefficient (Wildman–Crippen LogP) is 2.49. The lowest BCUT2D eigenvalue weighted by Crippen LogP contribution is -2.43. The van der Waals surface area contributed by atoms with Crippen LogP contribution in [0.2, 0.25) is 0 Å². The van der Waals surface area contributed by atoms with Crippen LogP contribution in [-0.2, 0) is 4.79 Å². The van der Waals surface area contributed by atoms with Crippen molar-refractivity contribution in [2.24, 2.45) is 0 Å². The lowest BCUT2D eigenvalue weighted by molar-refractivity contribution is -0.133. The molecule has 1 fully saturated rings. The summed E-state index contributed by atoms with van der Waals surface area (Å²) in [7, 11) is 0. The van der Waals surface area contributed by atoms with Crippen LogP contribution in [0.15, 0.2) is 30.3 Å². The van der Waals surface area contributed by atoms with Crippen LogP contribution in [0.3, 0.4) is 0 Å². The molecule has 0 aromatic heterocycles. The Balaban J connectivity index is 1.54. The second-order valence-corrected chi connectivity index (χ2v) is 6.20. The number of piperidine rings is 1. The molecule has 0 radical (unpaired) electrons. The summed E-state index contributed by atoms with van der Waals surface area (Å²) in [6.45, 7) is 4.16. The van der Waals surface area contributed by atoms with E-state index in [-0.39, 0.29) is 5.91 Å². The van der Waals surface area contributed by atoms with Crippen molar-refractivity contribution >= 4 is 11.5 Å². The van der Waals surface area contributed by atoms with E-state index in [1.165, 1.54) is 17.6 Å². The molecule has 0 unspecified atom stereocenters. The van der Waals surface area contributed by atoms with E-state index in [0.717, 1.165) is 45.4 Å². The van der Waals surface area contributed by atoms with Crippen LogP contribution in [0.4, 0.5) is 0 Å². The maximum atomic E-state index is 12.3. The first-order chi connectivity index (χ1) is 10.7. The summed E-state index contributed by atoms with van der Waals surface area (Å²) in [4.78, 5) is 16.5. The highest BCUT2D eigenvalue weighted by Crippen LogP contribution is 2.24. The van der Waals surface area contributed by atoms with Gasteiger partial charge in [-0.05, 0) is 49.0 Å². The zero-order valence-corrected chi connectivity index (χ0v) is 13.0. The molecule has 0 atom stereocenters. The lowest BCUT2D eigenvalue weighted by atomic mass is 9.99. The van der Waals surface area contributed by atoms with Gasteiger partial charge in [-0.2, -0.15) is 0 Å². The Labute approximate surface area is 132 Å². The normalized spacial score (nSPS) is 19.8. The predicted molar refractivity (Wildman–Crippen MR) is 87.6 cm³/mol. The smallest absolute Gasteiger partial charge is 0.236 e. The van der Waals surface area contributed by atoms with Gasteiger partial charge >= 0.3 is 0 Å². The van der Waals surface area contributed by atoms with Gasteiger partial charge in [-0.1, -0.05) is 18.2 Å². The van der Waals surface area contributed by atoms with E-state index >= 15 is 0 Å². The first-order valence-corrected chi connectivity index (χ1v) is 8.21. The molecule has 0 aliphatic carbocycles. The average molecular weight is 300 g/mol. The van der Waals surface area contributed by atoms with Gasteiger partial charge in [-0.25, -0.2) is 0 Å². The topological polar surface area (TPSA) is 43.8 Å². The SMILES string of the molecule is O=C(CN1CC=C(c2ccc(O)cc2)CC1)N1CCCCC1. The molecule has 4 heteroatoms. The van der Waals surface area contributed by atoms with E-state index in [4.69, 9.17) is 0 Å². The summed E-state index contributed by atoms with van der Waals surface area (Å²) >= 11 is 0. The average Bonchev–Trinajstić information content (AvgIpc) is 2.57. The minimum Gasteiger partial charge on any atom is -0.508 e. The third-order valence-electron chi connectivity index (χ3n) is 4.60. The molecule has 1 N–H and O–H groups in total. The second-order valence-electron chi connectivity index (χ2n) is 6.20. The van der Waals surface area contributed by atoms with Crippen LogP contribution in [0.5, 0.6) is 5.75 Å². The van der Waals surface area contributed by atoms with Crippen molar-refractivity contribution in [3.05, 3.63) is 35.9 Å². The summed E-state index contributed by atoms with van der Waals surface area (Å²) in [5.74, 6) is 0.579. The van der Waals surface area contributed by atoms with Gasteiger partial charge in [0, 0.05) is 26.2 Å². The van der Waals surface area contributed by atoms with Crippen molar-refractivity contribution in [3.8, 4) is 5.75 Å². The highest BCUT2D eigenvalue weighted by atomic mass is 16.3. The molecule has 1 saturated heterocycles. The van der Waals surface area contributed by atoms with Crippen molar-refractivity contribution in [1.29, 1.82) is 0 Å². The summed E-state index contributed by atoms with van der Waals surface area (Å²) in [6.07, 6.45) is 6.72. The number of phenolic OH excluding ortho intramolecular Hbond substituents is 1. The van der Waals surface area contributed by atoms with E-state index in [1.807, 2.05) is 17.0 Å². The van der Waals surface area contributed by atoms with Crippen LogP contribution in [0, 0.1) is 0 Å². The summed E-state index contributed by atoms with van der Waals surface area (Å²) in [5.41, 5.74) is 2.47. The first kappa shape index (κ1) is 15.1. The Morgan fingerprint density at radius 1 is 1.05 bits per heavy atom. The van der Waals surface area contributed by atoms with Crippen molar-refractivity contribution in [3.63, 3.8) is 0 Å². The van der Waals surface area contributed by atoms with Crippen LogP contribution in [0.25, 0.3) is 5.57 Å². The van der Waals surface area contributed by atoms with Gasteiger partial charge in [0.05, 0.1) is 6.54 Å². The molecule has 1 aromatic rings. The number of carbonyl (C=O) groups is 1. The zero-order valence-electron chi connectivity index (χ0n) is 13.0. The Morgan fingerprint density at radius 2 is 1.77 bits per heavy atom. The third-order valence-corrected chi connectivity index (χ3v) is 4.60. The molecule has 0 spiro atoms. The van der Waals surface area contributed by atoms with E-state index in [0.29, 0.717) is 12.3 Å². The molecule has 1 aromatic carbocycles. The molecule has 3 rings (SSSR count). The summed E-state index contributed by atoms with van der Waals surface area (Å²) in [5, 5.41) is 9.35. The Kier molecular flexibility index (Phi) is 4.78. The number of rotatable bonds is 3. The van der Waals surface area contributed by atoms with Gasteiger partial charge in [0.15, 0.2) is 0 Å². The number of carbonyl (C=O) groups excluding carboxylic acids is 1. The Morgan fingerprint density at radius 3 is 2.41 bits per heavy atom. The van der Waals surface area contributed by atoms with Gasteiger partial charge in [0.2, 0.25) is 5.91 Å². The van der Waals surface area contributed by atoms with E-state index in [2.05, 4.69) is 11.0 Å². The molecular formula is C18H24N2O2. The minimum absolute atomic E-state index is 0.279. The molecule has 0 bridgehead atoms. The Bertz CT molecular complexity index is 545. The number of hydrogen-bond donors (Lipinski definition) is 1. The number of nitrogens with zero attached hydrogens (tertiary/aromatic N) is 2. The fraction of sp³-hybridized carbons (Fsp3) is 0.500. The fourth-order valence-electron chi connectivity index (χ4n) is 3.23.